The van der Waals surface area contributed by atoms with Gasteiger partial charge in [0.15, 0.2) is 0 Å². The maximum Gasteiger partial charge on any atom is 0.325 e. The lowest BCUT2D eigenvalue weighted by atomic mass is 10.1. The van der Waals surface area contributed by atoms with Gasteiger partial charge in [-0.25, -0.2) is 0 Å². The maximum atomic E-state index is 12.6. The number of esters is 1. The zero-order valence-electron chi connectivity index (χ0n) is 15.3. The first-order valence-electron chi connectivity index (χ1n) is 8.06. The molecule has 130 valence electrons. The number of aromatic nitrogens is 2. The van der Waals surface area contributed by atoms with Gasteiger partial charge in [0, 0.05) is 23.8 Å². The summed E-state index contributed by atoms with van der Waals surface area (Å²) in [7, 11) is 1.33. The number of carbonyl (C=O) groups is 2. The van der Waals surface area contributed by atoms with Gasteiger partial charge in [-0.15, -0.1) is 0 Å². The fourth-order valence-corrected chi connectivity index (χ4v) is 2.53. The van der Waals surface area contributed by atoms with E-state index in [2.05, 4.69) is 23.7 Å². The van der Waals surface area contributed by atoms with E-state index in [4.69, 9.17) is 0 Å². The molecular formula is C17H29N3O3. The SMILES string of the molecule is COC(=O)CN(C(=O)Cc1c(C)nn(CC(C)C)c1C)C(C)C. The summed E-state index contributed by atoms with van der Waals surface area (Å²) in [5.74, 6) is -0.000248. The summed E-state index contributed by atoms with van der Waals surface area (Å²) in [6.45, 7) is 12.8. The van der Waals surface area contributed by atoms with Gasteiger partial charge in [-0.1, -0.05) is 13.8 Å². The van der Waals surface area contributed by atoms with Gasteiger partial charge in [0.1, 0.15) is 6.54 Å². The number of nitrogens with zero attached hydrogens (tertiary/aromatic N) is 3. The largest absolute Gasteiger partial charge is 0.468 e. The molecule has 0 aliphatic carbocycles. The lowest BCUT2D eigenvalue weighted by molar-refractivity contribution is -0.148. The van der Waals surface area contributed by atoms with E-state index in [1.807, 2.05) is 32.4 Å². The number of hydrogen-bond acceptors (Lipinski definition) is 4. The molecule has 1 aromatic rings. The van der Waals surface area contributed by atoms with Gasteiger partial charge in [0.05, 0.1) is 19.2 Å². The second-order valence-corrected chi connectivity index (χ2v) is 6.59. The number of hydrogen-bond donors (Lipinski definition) is 0. The van der Waals surface area contributed by atoms with Crippen molar-refractivity contribution in [1.29, 1.82) is 0 Å². The monoisotopic (exact) mass is 323 g/mol. The minimum absolute atomic E-state index is 0.0226. The molecule has 1 heterocycles. The summed E-state index contributed by atoms with van der Waals surface area (Å²) < 4.78 is 6.64. The van der Waals surface area contributed by atoms with Crippen LogP contribution in [0.25, 0.3) is 0 Å². The molecule has 0 saturated heterocycles. The van der Waals surface area contributed by atoms with Crippen molar-refractivity contribution in [2.45, 2.75) is 60.5 Å². The molecule has 0 bridgehead atoms. The van der Waals surface area contributed by atoms with Gasteiger partial charge in [-0.3, -0.25) is 14.3 Å². The molecule has 0 saturated carbocycles. The van der Waals surface area contributed by atoms with Gasteiger partial charge in [-0.05, 0) is 33.6 Å². The average molecular weight is 323 g/mol. The van der Waals surface area contributed by atoms with Crippen LogP contribution in [0.3, 0.4) is 0 Å². The molecule has 0 aliphatic rings. The highest BCUT2D eigenvalue weighted by Crippen LogP contribution is 2.17. The number of carbonyl (C=O) groups excluding carboxylic acids is 2. The van der Waals surface area contributed by atoms with E-state index < -0.39 is 5.97 Å². The summed E-state index contributed by atoms with van der Waals surface area (Å²) in [6.07, 6.45) is 0.255. The van der Waals surface area contributed by atoms with Crippen LogP contribution in [0, 0.1) is 19.8 Å². The highest BCUT2D eigenvalue weighted by molar-refractivity contribution is 5.84. The van der Waals surface area contributed by atoms with Crippen LogP contribution in [-0.2, 0) is 27.3 Å². The Bertz CT molecular complexity index is 562. The van der Waals surface area contributed by atoms with Crippen LogP contribution in [0.2, 0.25) is 0 Å². The Labute approximate surface area is 138 Å². The highest BCUT2D eigenvalue weighted by Gasteiger charge is 2.23. The minimum Gasteiger partial charge on any atom is -0.468 e. The molecule has 0 spiro atoms. The quantitative estimate of drug-likeness (QED) is 0.721. The van der Waals surface area contributed by atoms with E-state index >= 15 is 0 Å². The fourth-order valence-electron chi connectivity index (χ4n) is 2.53. The van der Waals surface area contributed by atoms with Crippen molar-refractivity contribution in [1.82, 2.24) is 14.7 Å². The predicted octanol–water partition coefficient (Wildman–Crippen LogP) is 2.11. The van der Waals surface area contributed by atoms with E-state index in [1.165, 1.54) is 7.11 Å². The van der Waals surface area contributed by atoms with E-state index in [-0.39, 0.29) is 24.9 Å². The number of rotatable bonds is 7. The molecule has 1 rings (SSSR count). The van der Waals surface area contributed by atoms with Crippen molar-refractivity contribution in [3.05, 3.63) is 17.0 Å². The molecule has 1 aromatic heterocycles. The van der Waals surface area contributed by atoms with E-state index in [1.54, 1.807) is 4.90 Å². The first kappa shape index (κ1) is 19.2. The summed E-state index contributed by atoms with van der Waals surface area (Å²) in [4.78, 5) is 25.7. The van der Waals surface area contributed by atoms with Crippen molar-refractivity contribution in [2.24, 2.45) is 5.92 Å². The molecule has 0 N–H and O–H groups in total. The second-order valence-electron chi connectivity index (χ2n) is 6.59. The van der Waals surface area contributed by atoms with Gasteiger partial charge < -0.3 is 9.64 Å². The summed E-state index contributed by atoms with van der Waals surface area (Å²) >= 11 is 0. The third-order valence-electron chi connectivity index (χ3n) is 3.87. The molecule has 6 heteroatoms. The predicted molar refractivity (Wildman–Crippen MR) is 89.1 cm³/mol. The molecule has 1 amide bonds. The summed E-state index contributed by atoms with van der Waals surface area (Å²) in [5, 5.41) is 4.54. The van der Waals surface area contributed by atoms with Crippen LogP contribution in [0.4, 0.5) is 0 Å². The van der Waals surface area contributed by atoms with Crippen molar-refractivity contribution >= 4 is 11.9 Å². The molecule has 0 atom stereocenters. The van der Waals surface area contributed by atoms with E-state index in [9.17, 15) is 9.59 Å². The van der Waals surface area contributed by atoms with Crippen molar-refractivity contribution in [3.63, 3.8) is 0 Å². The number of aryl methyl sites for hydroxylation is 1. The van der Waals surface area contributed by atoms with E-state index in [0.717, 1.165) is 23.5 Å². The van der Waals surface area contributed by atoms with Crippen LogP contribution >= 0.6 is 0 Å². The Morgan fingerprint density at radius 3 is 2.30 bits per heavy atom. The summed E-state index contributed by atoms with van der Waals surface area (Å²) in [6, 6.07) is -0.0621. The Morgan fingerprint density at radius 1 is 1.22 bits per heavy atom. The van der Waals surface area contributed by atoms with Crippen LogP contribution in [0.5, 0.6) is 0 Å². The van der Waals surface area contributed by atoms with Crippen LogP contribution in [-0.4, -0.2) is 46.3 Å². The Kier molecular flexibility index (Phi) is 6.79. The Hall–Kier alpha value is -1.85. The molecule has 0 unspecified atom stereocenters. The molecule has 6 nitrogen and oxygen atoms in total. The fraction of sp³-hybridized carbons (Fsp3) is 0.706. The highest BCUT2D eigenvalue weighted by atomic mass is 16.5. The number of ether oxygens (including phenoxy) is 1. The Morgan fingerprint density at radius 2 is 1.83 bits per heavy atom. The van der Waals surface area contributed by atoms with Crippen LogP contribution in [0.15, 0.2) is 0 Å². The topological polar surface area (TPSA) is 64.4 Å². The van der Waals surface area contributed by atoms with E-state index in [0.29, 0.717) is 5.92 Å². The zero-order valence-corrected chi connectivity index (χ0v) is 15.3. The molecular weight excluding hydrogens is 294 g/mol. The maximum absolute atomic E-state index is 12.6. The molecule has 0 aromatic carbocycles. The lowest BCUT2D eigenvalue weighted by Gasteiger charge is -2.25. The molecule has 0 fully saturated rings. The minimum atomic E-state index is -0.406. The van der Waals surface area contributed by atoms with Gasteiger partial charge in [0.2, 0.25) is 5.91 Å². The van der Waals surface area contributed by atoms with Crippen LogP contribution in [0.1, 0.15) is 44.6 Å². The first-order chi connectivity index (χ1) is 10.7. The van der Waals surface area contributed by atoms with Gasteiger partial charge in [-0.2, -0.15) is 5.10 Å². The third kappa shape index (κ3) is 5.08. The van der Waals surface area contributed by atoms with Gasteiger partial charge in [0.25, 0.3) is 0 Å². The standard InChI is InChI=1S/C17H29N3O3/c1-11(2)9-20-14(6)15(13(5)18-20)8-16(21)19(12(3)4)10-17(22)23-7/h11-12H,8-10H2,1-7H3. The zero-order chi connectivity index (χ0) is 17.7. The van der Waals surface area contributed by atoms with Crippen molar-refractivity contribution in [2.75, 3.05) is 13.7 Å². The Balaban J connectivity index is 2.94. The van der Waals surface area contributed by atoms with Crippen LogP contribution < -0.4 is 0 Å². The van der Waals surface area contributed by atoms with Crippen molar-refractivity contribution < 1.29 is 14.3 Å². The molecule has 0 aliphatic heterocycles. The third-order valence-corrected chi connectivity index (χ3v) is 3.87. The second kappa shape index (κ2) is 8.13. The molecule has 0 radical (unpaired) electrons. The number of methoxy groups -OCH3 is 1. The normalized spacial score (nSPS) is 11.2. The smallest absolute Gasteiger partial charge is 0.325 e. The van der Waals surface area contributed by atoms with Gasteiger partial charge >= 0.3 is 5.97 Å². The summed E-state index contributed by atoms with van der Waals surface area (Å²) in [5.41, 5.74) is 2.84. The molecule has 23 heavy (non-hydrogen) atoms. The number of amides is 1. The lowest BCUT2D eigenvalue weighted by Crippen LogP contribution is -2.42. The average Bonchev–Trinajstić information content (AvgIpc) is 2.70. The first-order valence-corrected chi connectivity index (χ1v) is 8.06. The van der Waals surface area contributed by atoms with Crippen molar-refractivity contribution in [3.8, 4) is 0 Å².